The second-order valence-electron chi connectivity index (χ2n) is 4.24. The highest BCUT2D eigenvalue weighted by molar-refractivity contribution is 6.35. The van der Waals surface area contributed by atoms with Gasteiger partial charge in [-0.15, -0.1) is 0 Å². The maximum Gasteiger partial charge on any atom is 0.0685 e. The molecular weight excluding hydrogens is 243 g/mol. The number of hydrogen-bond donors (Lipinski definition) is 1. The van der Waals surface area contributed by atoms with E-state index in [1.165, 1.54) is 0 Å². The van der Waals surface area contributed by atoms with Gasteiger partial charge in [0, 0.05) is 16.5 Å². The third kappa shape index (κ3) is 3.65. The van der Waals surface area contributed by atoms with Crippen molar-refractivity contribution in [2.45, 2.75) is 45.1 Å². The van der Waals surface area contributed by atoms with Crippen molar-refractivity contribution < 1.29 is 5.11 Å². The molecule has 0 radical (unpaired) electrons. The van der Waals surface area contributed by atoms with Crippen LogP contribution in [0, 0.1) is 0 Å². The van der Waals surface area contributed by atoms with Crippen molar-refractivity contribution >= 4 is 23.2 Å². The van der Waals surface area contributed by atoms with E-state index in [0.717, 1.165) is 24.8 Å². The molecule has 0 saturated carbocycles. The lowest BCUT2D eigenvalue weighted by atomic mass is 9.88. The molecular formula is C13H18Cl2O. The maximum absolute atomic E-state index is 10.4. The van der Waals surface area contributed by atoms with Gasteiger partial charge in [-0.2, -0.15) is 0 Å². The summed E-state index contributed by atoms with van der Waals surface area (Å²) in [6, 6.07) is 5.42. The summed E-state index contributed by atoms with van der Waals surface area (Å²) in [7, 11) is 0. The van der Waals surface area contributed by atoms with E-state index in [2.05, 4.69) is 6.92 Å². The standard InChI is InChI=1S/C13H18Cl2O/c1-3-7-13(16,4-2)9-10-5-6-11(14)8-12(10)15/h5-6,8,16H,3-4,7,9H2,1-2H3. The van der Waals surface area contributed by atoms with Gasteiger partial charge >= 0.3 is 0 Å². The molecule has 0 aliphatic heterocycles. The first-order chi connectivity index (χ1) is 7.50. The molecule has 0 aromatic heterocycles. The molecule has 0 heterocycles. The van der Waals surface area contributed by atoms with Crippen molar-refractivity contribution in [1.29, 1.82) is 0 Å². The molecule has 1 atom stereocenters. The average molecular weight is 261 g/mol. The number of benzene rings is 1. The SMILES string of the molecule is CCCC(O)(CC)Cc1ccc(Cl)cc1Cl. The van der Waals surface area contributed by atoms with Gasteiger partial charge in [-0.3, -0.25) is 0 Å². The van der Waals surface area contributed by atoms with Gasteiger partial charge in [-0.25, -0.2) is 0 Å². The van der Waals surface area contributed by atoms with E-state index in [0.29, 0.717) is 16.5 Å². The molecule has 0 aliphatic rings. The largest absolute Gasteiger partial charge is 0.390 e. The normalized spacial score (nSPS) is 14.8. The van der Waals surface area contributed by atoms with Gasteiger partial charge in [0.25, 0.3) is 0 Å². The molecule has 90 valence electrons. The Morgan fingerprint density at radius 3 is 2.44 bits per heavy atom. The van der Waals surface area contributed by atoms with Gasteiger partial charge < -0.3 is 5.11 Å². The molecule has 0 fully saturated rings. The van der Waals surface area contributed by atoms with Gasteiger partial charge in [0.05, 0.1) is 5.60 Å². The second-order valence-corrected chi connectivity index (χ2v) is 5.08. The molecule has 1 rings (SSSR count). The van der Waals surface area contributed by atoms with Crippen LogP contribution in [0.2, 0.25) is 10.0 Å². The lowest BCUT2D eigenvalue weighted by Crippen LogP contribution is -2.30. The third-order valence-corrected chi connectivity index (χ3v) is 3.50. The highest BCUT2D eigenvalue weighted by Crippen LogP contribution is 2.28. The summed E-state index contributed by atoms with van der Waals surface area (Å²) < 4.78 is 0. The fraction of sp³-hybridized carbons (Fsp3) is 0.538. The smallest absolute Gasteiger partial charge is 0.0685 e. The number of hydrogen-bond acceptors (Lipinski definition) is 1. The number of rotatable bonds is 5. The molecule has 1 N–H and O–H groups in total. The van der Waals surface area contributed by atoms with Crippen molar-refractivity contribution in [1.82, 2.24) is 0 Å². The van der Waals surface area contributed by atoms with E-state index in [1.54, 1.807) is 6.07 Å². The minimum absolute atomic E-state index is 0.591. The van der Waals surface area contributed by atoms with E-state index in [9.17, 15) is 5.11 Å². The van der Waals surface area contributed by atoms with Crippen molar-refractivity contribution in [3.8, 4) is 0 Å². The van der Waals surface area contributed by atoms with E-state index in [-0.39, 0.29) is 0 Å². The second kappa shape index (κ2) is 5.90. The lowest BCUT2D eigenvalue weighted by molar-refractivity contribution is 0.0271. The molecule has 3 heteroatoms. The highest BCUT2D eigenvalue weighted by atomic mass is 35.5. The van der Waals surface area contributed by atoms with Crippen LogP contribution in [0.1, 0.15) is 38.7 Å². The van der Waals surface area contributed by atoms with Crippen LogP contribution in [0.3, 0.4) is 0 Å². The number of halogens is 2. The summed E-state index contributed by atoms with van der Waals surface area (Å²) in [6.07, 6.45) is 3.09. The Hall–Kier alpha value is -0.240. The van der Waals surface area contributed by atoms with Crippen LogP contribution in [-0.4, -0.2) is 10.7 Å². The molecule has 0 saturated heterocycles. The minimum Gasteiger partial charge on any atom is -0.390 e. The Morgan fingerprint density at radius 1 is 1.25 bits per heavy atom. The molecule has 1 aromatic carbocycles. The summed E-state index contributed by atoms with van der Waals surface area (Å²) in [5.74, 6) is 0. The topological polar surface area (TPSA) is 20.2 Å². The predicted molar refractivity (Wildman–Crippen MR) is 70.3 cm³/mol. The fourth-order valence-corrected chi connectivity index (χ4v) is 2.35. The molecule has 1 aromatic rings. The quantitative estimate of drug-likeness (QED) is 0.828. The first-order valence-corrected chi connectivity index (χ1v) is 6.42. The molecule has 0 spiro atoms. The zero-order chi connectivity index (χ0) is 12.2. The fourth-order valence-electron chi connectivity index (χ4n) is 1.88. The highest BCUT2D eigenvalue weighted by Gasteiger charge is 2.24. The van der Waals surface area contributed by atoms with Crippen LogP contribution in [0.25, 0.3) is 0 Å². The van der Waals surface area contributed by atoms with E-state index in [1.807, 2.05) is 19.1 Å². The molecule has 0 aliphatic carbocycles. The van der Waals surface area contributed by atoms with Crippen molar-refractivity contribution in [3.63, 3.8) is 0 Å². The Kier molecular flexibility index (Phi) is 5.10. The van der Waals surface area contributed by atoms with Crippen LogP contribution < -0.4 is 0 Å². The van der Waals surface area contributed by atoms with Gasteiger partial charge in [-0.1, -0.05) is 49.5 Å². The Labute approximate surface area is 107 Å². The predicted octanol–water partition coefficient (Wildman–Crippen LogP) is 4.48. The van der Waals surface area contributed by atoms with Gasteiger partial charge in [0.15, 0.2) is 0 Å². The van der Waals surface area contributed by atoms with Crippen molar-refractivity contribution in [3.05, 3.63) is 33.8 Å². The third-order valence-electron chi connectivity index (χ3n) is 2.91. The molecule has 16 heavy (non-hydrogen) atoms. The number of aliphatic hydroxyl groups is 1. The van der Waals surface area contributed by atoms with E-state index < -0.39 is 5.60 Å². The summed E-state index contributed by atoms with van der Waals surface area (Å²) in [5, 5.41) is 11.6. The first-order valence-electron chi connectivity index (χ1n) is 5.67. The maximum atomic E-state index is 10.4. The van der Waals surface area contributed by atoms with Gasteiger partial charge in [0.2, 0.25) is 0 Å². The van der Waals surface area contributed by atoms with Crippen molar-refractivity contribution in [2.75, 3.05) is 0 Å². The zero-order valence-electron chi connectivity index (χ0n) is 9.76. The average Bonchev–Trinajstić information content (AvgIpc) is 2.23. The summed E-state index contributed by atoms with van der Waals surface area (Å²) in [4.78, 5) is 0. The Morgan fingerprint density at radius 2 is 1.94 bits per heavy atom. The Bertz CT molecular complexity index is 352. The zero-order valence-corrected chi connectivity index (χ0v) is 11.3. The van der Waals surface area contributed by atoms with Gasteiger partial charge in [-0.05, 0) is 30.5 Å². The van der Waals surface area contributed by atoms with Crippen LogP contribution in [0.4, 0.5) is 0 Å². The lowest BCUT2D eigenvalue weighted by Gasteiger charge is -2.27. The molecule has 0 amide bonds. The first kappa shape index (κ1) is 13.8. The van der Waals surface area contributed by atoms with Crippen LogP contribution in [0.5, 0.6) is 0 Å². The molecule has 1 unspecified atom stereocenters. The molecule has 0 bridgehead atoms. The van der Waals surface area contributed by atoms with Gasteiger partial charge in [0.1, 0.15) is 0 Å². The Balaban J connectivity index is 2.85. The van der Waals surface area contributed by atoms with Crippen LogP contribution in [0.15, 0.2) is 18.2 Å². The summed E-state index contributed by atoms with van der Waals surface area (Å²) >= 11 is 11.9. The van der Waals surface area contributed by atoms with E-state index >= 15 is 0 Å². The summed E-state index contributed by atoms with van der Waals surface area (Å²) in [5.41, 5.74) is 0.315. The van der Waals surface area contributed by atoms with Crippen molar-refractivity contribution in [2.24, 2.45) is 0 Å². The minimum atomic E-state index is -0.647. The monoisotopic (exact) mass is 260 g/mol. The molecule has 1 nitrogen and oxygen atoms in total. The van der Waals surface area contributed by atoms with Crippen LogP contribution in [-0.2, 0) is 6.42 Å². The van der Waals surface area contributed by atoms with Crippen LogP contribution >= 0.6 is 23.2 Å². The van der Waals surface area contributed by atoms with E-state index in [4.69, 9.17) is 23.2 Å². The summed E-state index contributed by atoms with van der Waals surface area (Å²) in [6.45, 7) is 4.07.